The number of carbonyl (C=O) groups is 1. The second kappa shape index (κ2) is 9.59. The number of nitrogens with zero attached hydrogens (tertiary/aromatic N) is 2. The third-order valence-electron chi connectivity index (χ3n) is 4.44. The van der Waals surface area contributed by atoms with Crippen molar-refractivity contribution in [2.24, 2.45) is 0 Å². The molecule has 1 unspecified atom stereocenters. The van der Waals surface area contributed by atoms with E-state index in [1.807, 2.05) is 31.0 Å². The van der Waals surface area contributed by atoms with E-state index in [0.29, 0.717) is 11.3 Å². The summed E-state index contributed by atoms with van der Waals surface area (Å²) in [5.74, 6) is 0.781. The zero-order chi connectivity index (χ0) is 18.9. The van der Waals surface area contributed by atoms with Crippen molar-refractivity contribution in [2.75, 3.05) is 26.0 Å². The van der Waals surface area contributed by atoms with Crippen LogP contribution < -0.4 is 10.1 Å². The van der Waals surface area contributed by atoms with Crippen LogP contribution in [0.3, 0.4) is 0 Å². The smallest absolute Gasteiger partial charge is 0.241 e. The van der Waals surface area contributed by atoms with E-state index in [4.69, 9.17) is 10.00 Å². The van der Waals surface area contributed by atoms with Gasteiger partial charge in [0.15, 0.2) is 0 Å². The lowest BCUT2D eigenvalue weighted by Crippen LogP contribution is -2.40. The van der Waals surface area contributed by atoms with E-state index in [2.05, 4.69) is 23.5 Å². The summed E-state index contributed by atoms with van der Waals surface area (Å²) in [5, 5.41) is 11.8. The van der Waals surface area contributed by atoms with Gasteiger partial charge in [-0.3, -0.25) is 9.69 Å². The minimum Gasteiger partial charge on any atom is -0.497 e. The minimum atomic E-state index is -0.253. The quantitative estimate of drug-likeness (QED) is 0.791. The molecule has 5 heteroatoms. The number of carbonyl (C=O) groups excluding carboxylic acids is 1. The van der Waals surface area contributed by atoms with E-state index in [1.165, 1.54) is 5.56 Å². The molecule has 0 aromatic heterocycles. The lowest BCUT2D eigenvalue weighted by atomic mass is 10.1. The van der Waals surface area contributed by atoms with Crippen molar-refractivity contribution in [1.29, 1.82) is 5.26 Å². The van der Waals surface area contributed by atoms with Crippen molar-refractivity contribution in [3.63, 3.8) is 0 Å². The maximum Gasteiger partial charge on any atom is 0.241 e. The van der Waals surface area contributed by atoms with Crippen LogP contribution in [-0.4, -0.2) is 37.6 Å². The Morgan fingerprint density at radius 3 is 2.65 bits per heavy atom. The summed E-state index contributed by atoms with van der Waals surface area (Å²) in [5.41, 5.74) is 2.43. The topological polar surface area (TPSA) is 65.4 Å². The molecule has 0 aliphatic heterocycles. The number of ether oxygens (including phenoxy) is 1. The monoisotopic (exact) mass is 351 g/mol. The Morgan fingerprint density at radius 2 is 2.00 bits per heavy atom. The van der Waals surface area contributed by atoms with Crippen molar-refractivity contribution in [2.45, 2.75) is 25.8 Å². The van der Waals surface area contributed by atoms with E-state index in [-0.39, 0.29) is 11.9 Å². The van der Waals surface area contributed by atoms with Crippen molar-refractivity contribution in [3.05, 3.63) is 59.7 Å². The number of hydrogen-bond donors (Lipinski definition) is 1. The van der Waals surface area contributed by atoms with Crippen LogP contribution in [0.25, 0.3) is 0 Å². The highest BCUT2D eigenvalue weighted by Crippen LogP contribution is 2.14. The van der Waals surface area contributed by atoms with Crippen LogP contribution in [0.4, 0.5) is 5.69 Å². The molecule has 1 amide bonds. The van der Waals surface area contributed by atoms with Gasteiger partial charge >= 0.3 is 0 Å². The number of methoxy groups -OCH3 is 1. The van der Waals surface area contributed by atoms with E-state index >= 15 is 0 Å². The van der Waals surface area contributed by atoms with Crippen LogP contribution in [0, 0.1) is 11.3 Å². The Morgan fingerprint density at radius 1 is 1.27 bits per heavy atom. The van der Waals surface area contributed by atoms with Crippen molar-refractivity contribution in [3.8, 4) is 11.8 Å². The van der Waals surface area contributed by atoms with Crippen LogP contribution in [0.15, 0.2) is 48.5 Å². The Kier molecular flexibility index (Phi) is 7.19. The molecule has 0 saturated carbocycles. The van der Waals surface area contributed by atoms with E-state index < -0.39 is 0 Å². The van der Waals surface area contributed by atoms with Gasteiger partial charge in [-0.1, -0.05) is 18.2 Å². The standard InChI is InChI=1S/C21H25N3O2/c1-16(21(25)23-19-8-4-6-18(14-19)15-22)24(2)13-5-7-17-9-11-20(26-3)12-10-17/h4,6,8-12,14,16H,5,7,13H2,1-3H3,(H,23,25). The minimum absolute atomic E-state index is 0.0768. The molecule has 2 rings (SSSR count). The summed E-state index contributed by atoms with van der Waals surface area (Å²) < 4.78 is 5.16. The molecule has 5 nitrogen and oxygen atoms in total. The molecule has 1 N–H and O–H groups in total. The molecule has 0 heterocycles. The van der Waals surface area contributed by atoms with E-state index in [9.17, 15) is 4.79 Å². The van der Waals surface area contributed by atoms with Gasteiger partial charge in [0.2, 0.25) is 5.91 Å². The van der Waals surface area contributed by atoms with Gasteiger partial charge < -0.3 is 10.1 Å². The van der Waals surface area contributed by atoms with Gasteiger partial charge in [-0.05, 0) is 69.3 Å². The fourth-order valence-corrected chi connectivity index (χ4v) is 2.63. The third kappa shape index (κ3) is 5.61. The number of rotatable bonds is 8. The number of hydrogen-bond acceptors (Lipinski definition) is 4. The molecule has 0 fully saturated rings. The Balaban J connectivity index is 1.80. The predicted octanol–water partition coefficient (Wildman–Crippen LogP) is 3.46. The van der Waals surface area contributed by atoms with Crippen molar-refractivity contribution >= 4 is 11.6 Å². The molecular weight excluding hydrogens is 326 g/mol. The van der Waals surface area contributed by atoms with E-state index in [0.717, 1.165) is 25.1 Å². The predicted molar refractivity (Wildman–Crippen MR) is 103 cm³/mol. The SMILES string of the molecule is COc1ccc(CCCN(C)C(C)C(=O)Nc2cccc(C#N)c2)cc1. The molecule has 0 aliphatic carbocycles. The first-order valence-corrected chi connectivity index (χ1v) is 8.67. The molecule has 0 saturated heterocycles. The largest absolute Gasteiger partial charge is 0.497 e. The number of amides is 1. The molecule has 1 atom stereocenters. The summed E-state index contributed by atoms with van der Waals surface area (Å²) in [7, 11) is 3.61. The van der Waals surface area contributed by atoms with Crippen LogP contribution in [0.5, 0.6) is 5.75 Å². The highest BCUT2D eigenvalue weighted by Gasteiger charge is 2.17. The first kappa shape index (κ1) is 19.5. The summed E-state index contributed by atoms with van der Waals surface area (Å²) in [6.45, 7) is 2.70. The fourth-order valence-electron chi connectivity index (χ4n) is 2.63. The van der Waals surface area contributed by atoms with Crippen molar-refractivity contribution in [1.82, 2.24) is 4.90 Å². The number of likely N-dealkylation sites (N-methyl/N-ethyl adjacent to an activating group) is 1. The number of anilines is 1. The van der Waals surface area contributed by atoms with Gasteiger partial charge in [0.25, 0.3) is 0 Å². The zero-order valence-electron chi connectivity index (χ0n) is 15.5. The number of nitriles is 1. The summed E-state index contributed by atoms with van der Waals surface area (Å²) >= 11 is 0. The van der Waals surface area contributed by atoms with Crippen LogP contribution in [-0.2, 0) is 11.2 Å². The lowest BCUT2D eigenvalue weighted by Gasteiger charge is -2.24. The van der Waals surface area contributed by atoms with Gasteiger partial charge in [-0.25, -0.2) is 0 Å². The van der Waals surface area contributed by atoms with Crippen LogP contribution in [0.2, 0.25) is 0 Å². The normalized spacial score (nSPS) is 11.7. The molecule has 0 aliphatic rings. The Labute approximate surface area is 155 Å². The Hall–Kier alpha value is -2.84. The molecule has 0 bridgehead atoms. The average molecular weight is 351 g/mol. The number of nitrogens with one attached hydrogen (secondary N) is 1. The molecule has 136 valence electrons. The molecule has 0 radical (unpaired) electrons. The van der Waals surface area contributed by atoms with Crippen molar-refractivity contribution < 1.29 is 9.53 Å². The fraction of sp³-hybridized carbons (Fsp3) is 0.333. The Bertz CT molecular complexity index is 766. The molecule has 2 aromatic rings. The van der Waals surface area contributed by atoms with E-state index in [1.54, 1.807) is 31.4 Å². The van der Waals surface area contributed by atoms with Gasteiger partial charge in [-0.15, -0.1) is 0 Å². The highest BCUT2D eigenvalue weighted by atomic mass is 16.5. The molecule has 0 spiro atoms. The van der Waals surface area contributed by atoms with Crippen LogP contribution >= 0.6 is 0 Å². The first-order valence-electron chi connectivity index (χ1n) is 8.67. The maximum absolute atomic E-state index is 12.4. The highest BCUT2D eigenvalue weighted by molar-refractivity contribution is 5.94. The summed E-state index contributed by atoms with van der Waals surface area (Å²) in [6, 6.07) is 16.8. The lowest BCUT2D eigenvalue weighted by molar-refractivity contribution is -0.120. The maximum atomic E-state index is 12.4. The first-order chi connectivity index (χ1) is 12.5. The zero-order valence-corrected chi connectivity index (χ0v) is 15.5. The molecule has 26 heavy (non-hydrogen) atoms. The average Bonchev–Trinajstić information content (AvgIpc) is 2.67. The van der Waals surface area contributed by atoms with Gasteiger partial charge in [0, 0.05) is 5.69 Å². The van der Waals surface area contributed by atoms with Gasteiger partial charge in [0.05, 0.1) is 24.8 Å². The van der Waals surface area contributed by atoms with Gasteiger partial charge in [0.1, 0.15) is 5.75 Å². The number of aryl methyl sites for hydroxylation is 1. The summed E-state index contributed by atoms with van der Waals surface area (Å²) in [4.78, 5) is 14.4. The summed E-state index contributed by atoms with van der Waals surface area (Å²) in [6.07, 6.45) is 1.91. The molecular formula is C21H25N3O2. The third-order valence-corrected chi connectivity index (χ3v) is 4.44. The second-order valence-electron chi connectivity index (χ2n) is 6.29. The van der Waals surface area contributed by atoms with Gasteiger partial charge in [-0.2, -0.15) is 5.26 Å². The number of benzene rings is 2. The second-order valence-corrected chi connectivity index (χ2v) is 6.29. The molecule has 2 aromatic carbocycles. The van der Waals surface area contributed by atoms with Crippen LogP contribution in [0.1, 0.15) is 24.5 Å².